The third-order valence-electron chi connectivity index (χ3n) is 2.57. The van der Waals surface area contributed by atoms with Crippen LogP contribution in [-0.2, 0) is 0 Å². The Morgan fingerprint density at radius 2 is 2.06 bits per heavy atom. The smallest absolute Gasteiger partial charge is 0.131 e. The van der Waals surface area contributed by atoms with Crippen molar-refractivity contribution in [3.8, 4) is 23.1 Å². The number of ether oxygens (including phenoxy) is 1. The standard InChI is InChI=1S/C14H11FN2O/c1-9-3-4-10(8-16)14(17-9)12-6-5-11(15)7-13(12)18-2/h3-7H,1-2H3. The second-order valence-corrected chi connectivity index (χ2v) is 3.81. The second-order valence-electron chi connectivity index (χ2n) is 3.81. The third kappa shape index (κ3) is 2.16. The lowest BCUT2D eigenvalue weighted by Crippen LogP contribution is -1.95. The highest BCUT2D eigenvalue weighted by Gasteiger charge is 2.13. The molecule has 0 atom stereocenters. The van der Waals surface area contributed by atoms with Crippen molar-refractivity contribution >= 4 is 0 Å². The summed E-state index contributed by atoms with van der Waals surface area (Å²) in [6.07, 6.45) is 0. The Kier molecular flexibility index (Phi) is 3.24. The number of nitrogens with zero attached hydrogens (tertiary/aromatic N) is 2. The Hall–Kier alpha value is -2.41. The molecule has 18 heavy (non-hydrogen) atoms. The van der Waals surface area contributed by atoms with Gasteiger partial charge in [-0.25, -0.2) is 4.39 Å². The van der Waals surface area contributed by atoms with Gasteiger partial charge in [-0.3, -0.25) is 4.98 Å². The van der Waals surface area contributed by atoms with Crippen molar-refractivity contribution < 1.29 is 9.13 Å². The first-order valence-corrected chi connectivity index (χ1v) is 5.37. The highest BCUT2D eigenvalue weighted by Crippen LogP contribution is 2.31. The second kappa shape index (κ2) is 4.84. The minimum Gasteiger partial charge on any atom is -0.496 e. The lowest BCUT2D eigenvalue weighted by molar-refractivity contribution is 0.413. The molecule has 1 aromatic heterocycles. The maximum Gasteiger partial charge on any atom is 0.131 e. The van der Waals surface area contributed by atoms with Gasteiger partial charge in [-0.1, -0.05) is 0 Å². The molecule has 0 amide bonds. The van der Waals surface area contributed by atoms with Crippen molar-refractivity contribution in [3.05, 3.63) is 47.4 Å². The zero-order valence-corrected chi connectivity index (χ0v) is 10.1. The lowest BCUT2D eigenvalue weighted by atomic mass is 10.0. The first-order chi connectivity index (χ1) is 8.65. The molecule has 0 unspecified atom stereocenters. The van der Waals surface area contributed by atoms with E-state index in [4.69, 9.17) is 10.00 Å². The SMILES string of the molecule is COc1cc(F)ccc1-c1nc(C)ccc1C#N. The number of hydrogen-bond acceptors (Lipinski definition) is 3. The van der Waals surface area contributed by atoms with E-state index in [0.29, 0.717) is 22.6 Å². The predicted molar refractivity (Wildman–Crippen MR) is 65.6 cm³/mol. The molecule has 3 nitrogen and oxygen atoms in total. The molecule has 0 aliphatic carbocycles. The molecule has 0 spiro atoms. The molecule has 0 radical (unpaired) electrons. The number of aryl methyl sites for hydroxylation is 1. The molecule has 0 aliphatic rings. The molecule has 2 rings (SSSR count). The number of rotatable bonds is 2. The number of hydrogen-bond donors (Lipinski definition) is 0. The van der Waals surface area contributed by atoms with Crippen molar-refractivity contribution in [1.82, 2.24) is 4.98 Å². The maximum atomic E-state index is 13.1. The molecular formula is C14H11FN2O. The van der Waals surface area contributed by atoms with Crippen molar-refractivity contribution in [1.29, 1.82) is 5.26 Å². The Morgan fingerprint density at radius 1 is 1.28 bits per heavy atom. The number of methoxy groups -OCH3 is 1. The van der Waals surface area contributed by atoms with Crippen LogP contribution in [0, 0.1) is 24.1 Å². The molecule has 0 saturated heterocycles. The quantitative estimate of drug-likeness (QED) is 0.813. The summed E-state index contributed by atoms with van der Waals surface area (Å²) in [7, 11) is 1.46. The van der Waals surface area contributed by atoms with Gasteiger partial charge in [-0.2, -0.15) is 5.26 Å². The van der Waals surface area contributed by atoms with Crippen molar-refractivity contribution in [2.24, 2.45) is 0 Å². The molecule has 4 heteroatoms. The average Bonchev–Trinajstić information content (AvgIpc) is 2.38. The number of pyridine rings is 1. The van der Waals surface area contributed by atoms with E-state index in [1.807, 2.05) is 6.92 Å². The molecule has 0 saturated carbocycles. The Bertz CT molecular complexity index is 632. The number of halogens is 1. The van der Waals surface area contributed by atoms with Gasteiger partial charge in [0.05, 0.1) is 18.4 Å². The molecular weight excluding hydrogens is 231 g/mol. The van der Waals surface area contributed by atoms with Crippen molar-refractivity contribution in [2.45, 2.75) is 6.92 Å². The highest BCUT2D eigenvalue weighted by atomic mass is 19.1. The van der Waals surface area contributed by atoms with Crippen LogP contribution in [0.15, 0.2) is 30.3 Å². The van der Waals surface area contributed by atoms with Gasteiger partial charge in [0.15, 0.2) is 0 Å². The van der Waals surface area contributed by atoms with Gasteiger partial charge < -0.3 is 4.74 Å². The first kappa shape index (κ1) is 12.1. The number of aromatic nitrogens is 1. The highest BCUT2D eigenvalue weighted by molar-refractivity contribution is 5.72. The van der Waals surface area contributed by atoms with Crippen molar-refractivity contribution in [2.75, 3.05) is 7.11 Å². The minimum absolute atomic E-state index is 0.365. The van der Waals surface area contributed by atoms with Crippen LogP contribution in [0.25, 0.3) is 11.3 Å². The summed E-state index contributed by atoms with van der Waals surface area (Å²) in [4.78, 5) is 4.33. The summed E-state index contributed by atoms with van der Waals surface area (Å²) in [6.45, 7) is 1.83. The van der Waals surface area contributed by atoms with Gasteiger partial charge in [-0.05, 0) is 31.2 Å². The van der Waals surface area contributed by atoms with Crippen LogP contribution in [-0.4, -0.2) is 12.1 Å². The fraction of sp³-hybridized carbons (Fsp3) is 0.143. The maximum absolute atomic E-state index is 13.1. The molecule has 2 aromatic rings. The largest absolute Gasteiger partial charge is 0.496 e. The van der Waals surface area contributed by atoms with Crippen LogP contribution >= 0.6 is 0 Å². The van der Waals surface area contributed by atoms with Crippen LogP contribution < -0.4 is 4.74 Å². The summed E-state index contributed by atoms with van der Waals surface area (Å²) in [5.41, 5.74) is 2.34. The summed E-state index contributed by atoms with van der Waals surface area (Å²) >= 11 is 0. The Balaban J connectivity index is 2.69. The number of benzene rings is 1. The molecule has 1 aromatic carbocycles. The van der Waals surface area contributed by atoms with E-state index in [0.717, 1.165) is 5.69 Å². The van der Waals surface area contributed by atoms with Gasteiger partial charge in [-0.15, -0.1) is 0 Å². The molecule has 0 fully saturated rings. The van der Waals surface area contributed by atoms with E-state index >= 15 is 0 Å². The zero-order chi connectivity index (χ0) is 13.1. The van der Waals surface area contributed by atoms with E-state index < -0.39 is 0 Å². The van der Waals surface area contributed by atoms with E-state index in [9.17, 15) is 4.39 Å². The molecule has 1 heterocycles. The topological polar surface area (TPSA) is 45.9 Å². The Labute approximate surface area is 104 Å². The third-order valence-corrected chi connectivity index (χ3v) is 2.57. The average molecular weight is 242 g/mol. The van der Waals surface area contributed by atoms with Crippen LogP contribution in [0.1, 0.15) is 11.3 Å². The van der Waals surface area contributed by atoms with Crippen molar-refractivity contribution in [3.63, 3.8) is 0 Å². The fourth-order valence-electron chi connectivity index (χ4n) is 1.71. The normalized spacial score (nSPS) is 9.89. The Morgan fingerprint density at radius 3 is 2.72 bits per heavy atom. The van der Waals surface area contributed by atoms with Crippen LogP contribution in [0.3, 0.4) is 0 Å². The summed E-state index contributed by atoms with van der Waals surface area (Å²) in [5.74, 6) is -0.0219. The van der Waals surface area contributed by atoms with Gasteiger partial charge >= 0.3 is 0 Å². The van der Waals surface area contributed by atoms with Crippen LogP contribution in [0.5, 0.6) is 5.75 Å². The molecule has 90 valence electrons. The number of nitriles is 1. The summed E-state index contributed by atoms with van der Waals surface area (Å²) in [6, 6.07) is 9.70. The first-order valence-electron chi connectivity index (χ1n) is 5.37. The van der Waals surface area contributed by atoms with Gasteiger partial charge in [0, 0.05) is 17.3 Å². The molecule has 0 N–H and O–H groups in total. The van der Waals surface area contributed by atoms with Gasteiger partial charge in [0.2, 0.25) is 0 Å². The lowest BCUT2D eigenvalue weighted by Gasteiger charge is -2.09. The molecule has 0 bridgehead atoms. The molecule has 0 aliphatic heterocycles. The summed E-state index contributed by atoms with van der Waals surface area (Å²) < 4.78 is 18.3. The zero-order valence-electron chi connectivity index (χ0n) is 10.1. The van der Waals surface area contributed by atoms with E-state index in [1.165, 1.54) is 19.2 Å². The van der Waals surface area contributed by atoms with Crippen LogP contribution in [0.4, 0.5) is 4.39 Å². The predicted octanol–water partition coefficient (Wildman–Crippen LogP) is 3.08. The van der Waals surface area contributed by atoms with E-state index in [1.54, 1.807) is 18.2 Å². The van der Waals surface area contributed by atoms with E-state index in [-0.39, 0.29) is 5.82 Å². The van der Waals surface area contributed by atoms with Gasteiger partial charge in [0.25, 0.3) is 0 Å². The monoisotopic (exact) mass is 242 g/mol. The van der Waals surface area contributed by atoms with Gasteiger partial charge in [0.1, 0.15) is 17.6 Å². The van der Waals surface area contributed by atoms with Crippen LogP contribution in [0.2, 0.25) is 0 Å². The van der Waals surface area contributed by atoms with E-state index in [2.05, 4.69) is 11.1 Å². The fourth-order valence-corrected chi connectivity index (χ4v) is 1.71. The minimum atomic E-state index is -0.387. The summed E-state index contributed by atoms with van der Waals surface area (Å²) in [5, 5.41) is 9.08.